The first-order valence-electron chi connectivity index (χ1n) is 6.38. The van der Waals surface area contributed by atoms with Gasteiger partial charge in [-0.15, -0.1) is 11.3 Å². The van der Waals surface area contributed by atoms with Crippen LogP contribution in [0.4, 0.5) is 0 Å². The van der Waals surface area contributed by atoms with Gasteiger partial charge in [0.15, 0.2) is 5.43 Å². The summed E-state index contributed by atoms with van der Waals surface area (Å²) in [6, 6.07) is 13.5. The molecule has 0 saturated heterocycles. The zero-order valence-corrected chi connectivity index (χ0v) is 11.5. The quantitative estimate of drug-likeness (QED) is 0.667. The molecule has 0 bridgehead atoms. The lowest BCUT2D eigenvalue weighted by Crippen LogP contribution is -2.02. The van der Waals surface area contributed by atoms with Gasteiger partial charge in [-0.1, -0.05) is 19.1 Å². The molecule has 0 spiro atoms. The molecule has 0 amide bonds. The average Bonchev–Trinajstić information content (AvgIpc) is 2.46. The van der Waals surface area contributed by atoms with E-state index in [-0.39, 0.29) is 5.43 Å². The molecule has 0 N–H and O–H groups in total. The molecule has 0 unspecified atom stereocenters. The number of rotatable bonds is 3. The fraction of sp³-hybridized carbons (Fsp3) is 0.188. The summed E-state index contributed by atoms with van der Waals surface area (Å²) in [5.74, 6) is 0.772. The smallest absolute Gasteiger partial charge is 0.196 e. The van der Waals surface area contributed by atoms with Crippen LogP contribution in [0.5, 0.6) is 5.75 Å². The van der Waals surface area contributed by atoms with Crippen molar-refractivity contribution in [3.63, 3.8) is 0 Å². The van der Waals surface area contributed by atoms with Crippen LogP contribution in [0.3, 0.4) is 0 Å². The maximum absolute atomic E-state index is 12.5. The normalized spacial score (nSPS) is 11.0. The van der Waals surface area contributed by atoms with E-state index in [1.807, 2.05) is 42.5 Å². The van der Waals surface area contributed by atoms with Crippen molar-refractivity contribution in [2.24, 2.45) is 0 Å². The average molecular weight is 270 g/mol. The summed E-state index contributed by atoms with van der Waals surface area (Å²) in [4.78, 5) is 12.5. The first-order valence-corrected chi connectivity index (χ1v) is 7.19. The highest BCUT2D eigenvalue weighted by Gasteiger charge is 2.06. The Hall–Kier alpha value is -1.87. The molecule has 3 aromatic rings. The number of ether oxygens (including phenoxy) is 1. The zero-order chi connectivity index (χ0) is 13.2. The fourth-order valence-electron chi connectivity index (χ4n) is 2.09. The molecular weight excluding hydrogens is 256 g/mol. The zero-order valence-electron chi connectivity index (χ0n) is 10.7. The maximum atomic E-state index is 12.5. The van der Waals surface area contributed by atoms with Crippen LogP contribution in [0, 0.1) is 0 Å². The minimum absolute atomic E-state index is 0.0892. The van der Waals surface area contributed by atoms with Gasteiger partial charge in [-0.3, -0.25) is 4.79 Å². The minimum atomic E-state index is 0.0892. The second kappa shape index (κ2) is 5.02. The molecule has 3 heteroatoms. The predicted molar refractivity (Wildman–Crippen MR) is 81.4 cm³/mol. The lowest BCUT2D eigenvalue weighted by Gasteiger charge is -2.06. The SMILES string of the molecule is CCCOc1ccc2sc3ccccc3c(=O)c2c1. The maximum Gasteiger partial charge on any atom is 0.196 e. The van der Waals surface area contributed by atoms with Crippen molar-refractivity contribution in [3.8, 4) is 5.75 Å². The van der Waals surface area contributed by atoms with Gasteiger partial charge in [0.25, 0.3) is 0 Å². The first-order chi connectivity index (χ1) is 9.29. The fourth-order valence-corrected chi connectivity index (χ4v) is 3.14. The Morgan fingerprint density at radius 3 is 2.68 bits per heavy atom. The first kappa shape index (κ1) is 12.2. The summed E-state index contributed by atoms with van der Waals surface area (Å²) in [5, 5.41) is 1.53. The Bertz CT molecular complexity index is 789. The topological polar surface area (TPSA) is 26.3 Å². The second-order valence-electron chi connectivity index (χ2n) is 4.43. The van der Waals surface area contributed by atoms with Crippen LogP contribution in [-0.2, 0) is 0 Å². The van der Waals surface area contributed by atoms with Crippen LogP contribution in [0.2, 0.25) is 0 Å². The monoisotopic (exact) mass is 270 g/mol. The lowest BCUT2D eigenvalue weighted by molar-refractivity contribution is 0.318. The van der Waals surface area contributed by atoms with Gasteiger partial charge in [-0.05, 0) is 36.8 Å². The van der Waals surface area contributed by atoms with E-state index >= 15 is 0 Å². The minimum Gasteiger partial charge on any atom is -0.494 e. The van der Waals surface area contributed by atoms with Gasteiger partial charge < -0.3 is 4.74 Å². The summed E-state index contributed by atoms with van der Waals surface area (Å²) in [5.41, 5.74) is 0.0892. The van der Waals surface area contributed by atoms with Crippen LogP contribution in [-0.4, -0.2) is 6.61 Å². The van der Waals surface area contributed by atoms with Crippen molar-refractivity contribution in [1.29, 1.82) is 0 Å². The van der Waals surface area contributed by atoms with E-state index in [9.17, 15) is 4.79 Å². The lowest BCUT2D eigenvalue weighted by atomic mass is 10.2. The molecule has 0 aliphatic heterocycles. The summed E-state index contributed by atoms with van der Waals surface area (Å²) in [7, 11) is 0. The summed E-state index contributed by atoms with van der Waals surface area (Å²) < 4.78 is 7.63. The molecule has 0 aliphatic rings. The standard InChI is InChI=1S/C16H14O2S/c1-2-9-18-11-7-8-15-13(10-11)16(17)12-5-3-4-6-14(12)19-15/h3-8,10H,2,9H2,1H3. The van der Waals surface area contributed by atoms with Gasteiger partial charge in [-0.2, -0.15) is 0 Å². The van der Waals surface area contributed by atoms with E-state index in [2.05, 4.69) is 6.92 Å². The Morgan fingerprint density at radius 1 is 1.05 bits per heavy atom. The third kappa shape index (κ3) is 2.22. The third-order valence-corrected chi connectivity index (χ3v) is 4.17. The highest BCUT2D eigenvalue weighted by Crippen LogP contribution is 2.27. The van der Waals surface area contributed by atoms with Gasteiger partial charge in [0.05, 0.1) is 6.61 Å². The van der Waals surface area contributed by atoms with E-state index in [0.29, 0.717) is 6.61 Å². The molecule has 0 aliphatic carbocycles. The van der Waals surface area contributed by atoms with E-state index in [1.54, 1.807) is 11.3 Å². The summed E-state index contributed by atoms with van der Waals surface area (Å²) in [6.45, 7) is 2.74. The molecular formula is C16H14O2S. The number of fused-ring (bicyclic) bond motifs is 2. The van der Waals surface area contributed by atoms with Gasteiger partial charge in [0.2, 0.25) is 0 Å². The van der Waals surface area contributed by atoms with Crippen molar-refractivity contribution in [2.45, 2.75) is 13.3 Å². The molecule has 0 fully saturated rings. The Kier molecular flexibility index (Phi) is 3.22. The predicted octanol–water partition coefficient (Wildman–Crippen LogP) is 4.20. The van der Waals surface area contributed by atoms with Crippen LogP contribution in [0.1, 0.15) is 13.3 Å². The third-order valence-electron chi connectivity index (χ3n) is 3.02. The highest BCUT2D eigenvalue weighted by atomic mass is 32.1. The van der Waals surface area contributed by atoms with Crippen LogP contribution in [0.15, 0.2) is 47.3 Å². The van der Waals surface area contributed by atoms with Gasteiger partial charge >= 0.3 is 0 Å². The van der Waals surface area contributed by atoms with Crippen molar-refractivity contribution in [1.82, 2.24) is 0 Å². The van der Waals surface area contributed by atoms with Gasteiger partial charge in [0, 0.05) is 20.2 Å². The van der Waals surface area contributed by atoms with Crippen molar-refractivity contribution in [2.75, 3.05) is 6.61 Å². The van der Waals surface area contributed by atoms with Crippen LogP contribution >= 0.6 is 11.3 Å². The Labute approximate surface area is 115 Å². The molecule has 0 radical (unpaired) electrons. The number of hydrogen-bond donors (Lipinski definition) is 0. The van der Waals surface area contributed by atoms with Crippen molar-refractivity contribution < 1.29 is 4.74 Å². The largest absolute Gasteiger partial charge is 0.494 e. The van der Waals surface area contributed by atoms with E-state index in [4.69, 9.17) is 4.74 Å². The molecule has 0 atom stereocenters. The molecule has 2 aromatic carbocycles. The van der Waals surface area contributed by atoms with Gasteiger partial charge in [0.1, 0.15) is 5.75 Å². The summed E-state index contributed by atoms with van der Waals surface area (Å²) >= 11 is 1.64. The highest BCUT2D eigenvalue weighted by molar-refractivity contribution is 7.24. The van der Waals surface area contributed by atoms with Gasteiger partial charge in [-0.25, -0.2) is 0 Å². The molecule has 3 rings (SSSR count). The van der Waals surface area contributed by atoms with E-state index < -0.39 is 0 Å². The number of hydrogen-bond acceptors (Lipinski definition) is 3. The Balaban J connectivity index is 2.24. The molecule has 2 nitrogen and oxygen atoms in total. The molecule has 19 heavy (non-hydrogen) atoms. The molecule has 1 aromatic heterocycles. The second-order valence-corrected chi connectivity index (χ2v) is 5.52. The molecule has 0 saturated carbocycles. The Morgan fingerprint density at radius 2 is 1.84 bits per heavy atom. The van der Waals surface area contributed by atoms with E-state index in [1.165, 1.54) is 0 Å². The number of benzene rings is 2. The van der Waals surface area contributed by atoms with Crippen molar-refractivity contribution in [3.05, 3.63) is 52.7 Å². The van der Waals surface area contributed by atoms with Crippen molar-refractivity contribution >= 4 is 31.5 Å². The summed E-state index contributed by atoms with van der Waals surface area (Å²) in [6.07, 6.45) is 0.961. The molecule has 96 valence electrons. The molecule has 1 heterocycles. The van der Waals surface area contributed by atoms with Crippen LogP contribution in [0.25, 0.3) is 20.2 Å². The van der Waals surface area contributed by atoms with Crippen LogP contribution < -0.4 is 10.2 Å². The van der Waals surface area contributed by atoms with E-state index in [0.717, 1.165) is 32.3 Å².